The molecule has 4 heteroatoms. The van der Waals surface area contributed by atoms with Crippen LogP contribution < -0.4 is 5.32 Å². The number of aliphatic hydroxyl groups excluding tert-OH is 1. The molecule has 0 aromatic heterocycles. The maximum Gasteiger partial charge on any atom is 0.223 e. The molecule has 120 valence electrons. The topological polar surface area (TPSA) is 52.6 Å². The number of piperidine rings is 1. The molecule has 0 radical (unpaired) electrons. The van der Waals surface area contributed by atoms with Gasteiger partial charge in [-0.15, -0.1) is 0 Å². The van der Waals surface area contributed by atoms with Crippen molar-refractivity contribution in [2.24, 2.45) is 11.3 Å². The van der Waals surface area contributed by atoms with Crippen molar-refractivity contribution in [3.63, 3.8) is 0 Å². The molecule has 1 heterocycles. The van der Waals surface area contributed by atoms with Gasteiger partial charge in [0.05, 0.1) is 0 Å². The van der Waals surface area contributed by atoms with E-state index in [1.807, 2.05) is 4.90 Å². The summed E-state index contributed by atoms with van der Waals surface area (Å²) >= 11 is 0. The molecular weight excluding hydrogens is 264 g/mol. The lowest BCUT2D eigenvalue weighted by molar-refractivity contribution is -0.134. The van der Waals surface area contributed by atoms with Gasteiger partial charge in [-0.25, -0.2) is 0 Å². The number of aliphatic hydroxyl groups is 1. The second-order valence-electron chi connectivity index (χ2n) is 7.73. The van der Waals surface area contributed by atoms with E-state index in [9.17, 15) is 4.79 Å². The van der Waals surface area contributed by atoms with E-state index in [1.165, 1.54) is 0 Å². The van der Waals surface area contributed by atoms with Crippen LogP contribution >= 0.6 is 0 Å². The lowest BCUT2D eigenvalue weighted by Gasteiger charge is -2.35. The second kappa shape index (κ2) is 6.93. The Kier molecular flexibility index (Phi) is 5.44. The standard InChI is InChI=1S/C17H30N2O2/c1-17(2,3)11-16(21)19-8-6-14(7-9-19)18-15-5-4-13(10-15)12-20/h4-5,13-15,18,20H,6-12H2,1-3H3/t13-,15+/m0/s1. The highest BCUT2D eigenvalue weighted by atomic mass is 16.3. The Morgan fingerprint density at radius 1 is 1.29 bits per heavy atom. The van der Waals surface area contributed by atoms with Crippen molar-refractivity contribution in [3.8, 4) is 0 Å². The van der Waals surface area contributed by atoms with Crippen molar-refractivity contribution in [2.45, 2.75) is 58.5 Å². The fraction of sp³-hybridized carbons (Fsp3) is 0.824. The zero-order chi connectivity index (χ0) is 15.5. The first kappa shape index (κ1) is 16.5. The molecule has 4 nitrogen and oxygen atoms in total. The predicted octanol–water partition coefficient (Wildman–Crippen LogP) is 1.94. The van der Waals surface area contributed by atoms with Crippen molar-refractivity contribution in [3.05, 3.63) is 12.2 Å². The Morgan fingerprint density at radius 3 is 2.48 bits per heavy atom. The number of hydrogen-bond donors (Lipinski definition) is 2. The molecule has 2 rings (SSSR count). The smallest absolute Gasteiger partial charge is 0.223 e. The maximum absolute atomic E-state index is 12.2. The van der Waals surface area contributed by atoms with Crippen LogP contribution in [0, 0.1) is 11.3 Å². The Morgan fingerprint density at radius 2 is 1.95 bits per heavy atom. The van der Waals surface area contributed by atoms with Gasteiger partial charge in [-0.2, -0.15) is 0 Å². The molecular formula is C17H30N2O2. The van der Waals surface area contributed by atoms with Gasteiger partial charge in [0.25, 0.3) is 0 Å². The van der Waals surface area contributed by atoms with E-state index in [-0.39, 0.29) is 12.0 Å². The van der Waals surface area contributed by atoms with Crippen LogP contribution in [-0.2, 0) is 4.79 Å². The fourth-order valence-electron chi connectivity index (χ4n) is 3.20. The number of amides is 1. The van der Waals surface area contributed by atoms with Crippen molar-refractivity contribution in [2.75, 3.05) is 19.7 Å². The molecule has 0 saturated carbocycles. The maximum atomic E-state index is 12.2. The van der Waals surface area contributed by atoms with Gasteiger partial charge in [-0.3, -0.25) is 4.79 Å². The molecule has 0 unspecified atom stereocenters. The Bertz CT molecular complexity index is 379. The first-order chi connectivity index (χ1) is 9.87. The highest BCUT2D eigenvalue weighted by Gasteiger charge is 2.27. The molecule has 1 aliphatic heterocycles. The third-order valence-electron chi connectivity index (χ3n) is 4.39. The van der Waals surface area contributed by atoms with Crippen LogP contribution in [0.4, 0.5) is 0 Å². The van der Waals surface area contributed by atoms with Crippen molar-refractivity contribution in [1.29, 1.82) is 0 Å². The molecule has 0 spiro atoms. The molecule has 2 N–H and O–H groups in total. The van der Waals surface area contributed by atoms with Gasteiger partial charge in [0.1, 0.15) is 0 Å². The van der Waals surface area contributed by atoms with E-state index in [2.05, 4.69) is 38.2 Å². The zero-order valence-electron chi connectivity index (χ0n) is 13.6. The minimum atomic E-state index is 0.0696. The minimum absolute atomic E-state index is 0.0696. The van der Waals surface area contributed by atoms with Gasteiger partial charge in [0.2, 0.25) is 5.91 Å². The van der Waals surface area contributed by atoms with E-state index >= 15 is 0 Å². The monoisotopic (exact) mass is 294 g/mol. The summed E-state index contributed by atoms with van der Waals surface area (Å²) < 4.78 is 0. The molecule has 1 fully saturated rings. The van der Waals surface area contributed by atoms with Crippen molar-refractivity contribution >= 4 is 5.91 Å². The normalized spacial score (nSPS) is 27.3. The molecule has 0 bridgehead atoms. The zero-order valence-corrected chi connectivity index (χ0v) is 13.6. The summed E-state index contributed by atoms with van der Waals surface area (Å²) in [7, 11) is 0. The van der Waals surface area contributed by atoms with Crippen LogP contribution in [-0.4, -0.2) is 47.7 Å². The largest absolute Gasteiger partial charge is 0.396 e. The van der Waals surface area contributed by atoms with Gasteiger partial charge >= 0.3 is 0 Å². The lowest BCUT2D eigenvalue weighted by Crippen LogP contribution is -2.47. The highest BCUT2D eigenvalue weighted by molar-refractivity contribution is 5.76. The molecule has 1 saturated heterocycles. The van der Waals surface area contributed by atoms with E-state index in [0.717, 1.165) is 32.4 Å². The first-order valence-electron chi connectivity index (χ1n) is 8.20. The van der Waals surface area contributed by atoms with Gasteiger partial charge in [0.15, 0.2) is 0 Å². The van der Waals surface area contributed by atoms with Crippen LogP contribution in [0.15, 0.2) is 12.2 Å². The Labute approximate surface area is 128 Å². The summed E-state index contributed by atoms with van der Waals surface area (Å²) in [5, 5.41) is 12.8. The molecule has 1 aliphatic carbocycles. The van der Waals surface area contributed by atoms with Gasteiger partial charge in [-0.05, 0) is 24.7 Å². The van der Waals surface area contributed by atoms with Gasteiger partial charge < -0.3 is 15.3 Å². The van der Waals surface area contributed by atoms with Crippen LogP contribution in [0.5, 0.6) is 0 Å². The molecule has 2 atom stereocenters. The summed E-state index contributed by atoms with van der Waals surface area (Å²) in [6, 6.07) is 0.889. The summed E-state index contributed by atoms with van der Waals surface area (Å²) in [6.45, 7) is 8.32. The fourth-order valence-corrected chi connectivity index (χ4v) is 3.20. The van der Waals surface area contributed by atoms with Crippen LogP contribution in [0.1, 0.15) is 46.5 Å². The van der Waals surface area contributed by atoms with Crippen LogP contribution in [0.25, 0.3) is 0 Å². The number of nitrogens with zero attached hydrogens (tertiary/aromatic N) is 1. The molecule has 0 aromatic carbocycles. The third kappa shape index (κ3) is 5.11. The van der Waals surface area contributed by atoms with Crippen molar-refractivity contribution in [1.82, 2.24) is 10.2 Å². The molecule has 1 amide bonds. The third-order valence-corrected chi connectivity index (χ3v) is 4.39. The Hall–Kier alpha value is -0.870. The summed E-state index contributed by atoms with van der Waals surface area (Å²) in [4.78, 5) is 14.2. The summed E-state index contributed by atoms with van der Waals surface area (Å²) in [5.41, 5.74) is 0.0696. The average Bonchev–Trinajstić information content (AvgIpc) is 2.85. The van der Waals surface area contributed by atoms with Gasteiger partial charge in [-0.1, -0.05) is 32.9 Å². The Balaban J connectivity index is 1.71. The number of hydrogen-bond acceptors (Lipinski definition) is 3. The first-order valence-corrected chi connectivity index (χ1v) is 8.20. The van der Waals surface area contributed by atoms with E-state index in [4.69, 9.17) is 5.11 Å². The van der Waals surface area contributed by atoms with Crippen molar-refractivity contribution < 1.29 is 9.90 Å². The van der Waals surface area contributed by atoms with Crippen LogP contribution in [0.2, 0.25) is 0 Å². The van der Waals surface area contributed by atoms with Crippen LogP contribution in [0.3, 0.4) is 0 Å². The highest BCUT2D eigenvalue weighted by Crippen LogP contribution is 2.23. The molecule has 2 aliphatic rings. The minimum Gasteiger partial charge on any atom is -0.396 e. The number of carbonyl (C=O) groups excluding carboxylic acids is 1. The molecule has 21 heavy (non-hydrogen) atoms. The average molecular weight is 294 g/mol. The lowest BCUT2D eigenvalue weighted by atomic mass is 9.91. The number of likely N-dealkylation sites (tertiary alicyclic amines) is 1. The second-order valence-corrected chi connectivity index (χ2v) is 7.73. The summed E-state index contributed by atoms with van der Waals surface area (Å²) in [6.07, 6.45) is 7.99. The molecule has 0 aromatic rings. The quantitative estimate of drug-likeness (QED) is 0.779. The van der Waals surface area contributed by atoms with E-state index in [1.54, 1.807) is 0 Å². The van der Waals surface area contributed by atoms with Gasteiger partial charge in [0, 0.05) is 44.1 Å². The predicted molar refractivity (Wildman–Crippen MR) is 84.9 cm³/mol. The van der Waals surface area contributed by atoms with E-state index < -0.39 is 0 Å². The van der Waals surface area contributed by atoms with E-state index in [0.29, 0.717) is 30.3 Å². The number of nitrogens with one attached hydrogen (secondary N) is 1. The number of rotatable bonds is 4. The number of carbonyl (C=O) groups is 1. The summed E-state index contributed by atoms with van der Waals surface area (Å²) in [5.74, 6) is 0.609. The SMILES string of the molecule is CC(C)(C)CC(=O)N1CCC(N[C@@H]2C=C[C@H](CO)C2)CC1.